The Morgan fingerprint density at radius 3 is 2.64 bits per heavy atom. The van der Waals surface area contributed by atoms with E-state index in [1.165, 1.54) is 31.4 Å². The first-order chi connectivity index (χ1) is 5.31. The molecule has 0 aliphatic rings. The molecule has 0 saturated heterocycles. The predicted octanol–water partition coefficient (Wildman–Crippen LogP) is 2.73. The number of nitrogens with one attached hydrogen (secondary N) is 1. The third-order valence-electron chi connectivity index (χ3n) is 1.90. The molecule has 1 heteroatoms. The second-order valence-corrected chi connectivity index (χ2v) is 2.99. The molecule has 1 nitrogen and oxygen atoms in total. The lowest BCUT2D eigenvalue weighted by atomic mass is 10.2. The molecule has 0 unspecified atom stereocenters. The Morgan fingerprint density at radius 2 is 2.09 bits per heavy atom. The van der Waals surface area contributed by atoms with Gasteiger partial charge in [-0.3, -0.25) is 0 Å². The minimum atomic E-state index is 1.14. The molecule has 66 valence electrons. The van der Waals surface area contributed by atoms with E-state index in [2.05, 4.69) is 32.2 Å². The van der Waals surface area contributed by atoms with Crippen LogP contribution in [-0.4, -0.2) is 13.1 Å². The van der Waals surface area contributed by atoms with Gasteiger partial charge in [-0.05, 0) is 39.8 Å². The maximum Gasteiger partial charge on any atom is -0.00117 e. The predicted molar refractivity (Wildman–Crippen MR) is 51.8 cm³/mol. The number of hydrogen-bond acceptors (Lipinski definition) is 1. The van der Waals surface area contributed by atoms with Crippen LogP contribution >= 0.6 is 0 Å². The summed E-state index contributed by atoms with van der Waals surface area (Å²) >= 11 is 0. The first kappa shape index (κ1) is 10.7. The highest BCUT2D eigenvalue weighted by Gasteiger charge is 1.87. The fourth-order valence-electron chi connectivity index (χ4n) is 0.857. The summed E-state index contributed by atoms with van der Waals surface area (Å²) in [5.41, 5.74) is 1.48. The quantitative estimate of drug-likeness (QED) is 0.459. The molecule has 0 aliphatic heterocycles. The molecule has 0 radical (unpaired) electrons. The van der Waals surface area contributed by atoms with Gasteiger partial charge < -0.3 is 5.32 Å². The summed E-state index contributed by atoms with van der Waals surface area (Å²) < 4.78 is 0. The maximum absolute atomic E-state index is 3.41. The van der Waals surface area contributed by atoms with E-state index in [1.807, 2.05) is 0 Å². The summed E-state index contributed by atoms with van der Waals surface area (Å²) in [6.45, 7) is 8.81. The van der Waals surface area contributed by atoms with E-state index in [1.54, 1.807) is 0 Å². The number of hydrogen-bond donors (Lipinski definition) is 1. The van der Waals surface area contributed by atoms with Crippen LogP contribution in [0.15, 0.2) is 11.6 Å². The van der Waals surface area contributed by atoms with E-state index in [4.69, 9.17) is 0 Å². The summed E-state index contributed by atoms with van der Waals surface area (Å²) in [6.07, 6.45) is 5.96. The highest BCUT2D eigenvalue weighted by Crippen LogP contribution is 1.96. The van der Waals surface area contributed by atoms with Crippen molar-refractivity contribution in [3.8, 4) is 0 Å². The number of rotatable bonds is 6. The average Bonchev–Trinajstić information content (AvgIpc) is 2.04. The topological polar surface area (TPSA) is 12.0 Å². The van der Waals surface area contributed by atoms with Crippen LogP contribution in [0.2, 0.25) is 0 Å². The summed E-state index contributed by atoms with van der Waals surface area (Å²) in [6, 6.07) is 0. The van der Waals surface area contributed by atoms with Gasteiger partial charge in [0.15, 0.2) is 0 Å². The molecule has 0 atom stereocenters. The largest absolute Gasteiger partial charge is 0.316 e. The van der Waals surface area contributed by atoms with E-state index in [0.717, 1.165) is 6.54 Å². The first-order valence-electron chi connectivity index (χ1n) is 4.63. The molecule has 0 amide bonds. The average molecular weight is 155 g/mol. The Morgan fingerprint density at radius 1 is 1.36 bits per heavy atom. The lowest BCUT2D eigenvalue weighted by Crippen LogP contribution is -2.16. The first-order valence-corrected chi connectivity index (χ1v) is 4.63. The van der Waals surface area contributed by atoms with Crippen LogP contribution in [0.3, 0.4) is 0 Å². The van der Waals surface area contributed by atoms with E-state index >= 15 is 0 Å². The van der Waals surface area contributed by atoms with Crippen molar-refractivity contribution in [3.63, 3.8) is 0 Å². The van der Waals surface area contributed by atoms with Crippen molar-refractivity contribution in [2.45, 2.75) is 40.0 Å². The smallest absolute Gasteiger partial charge is 0.00117 e. The van der Waals surface area contributed by atoms with E-state index in [-0.39, 0.29) is 0 Å². The molecule has 0 fully saturated rings. The van der Waals surface area contributed by atoms with E-state index < -0.39 is 0 Å². The van der Waals surface area contributed by atoms with Crippen LogP contribution in [0.5, 0.6) is 0 Å². The summed E-state index contributed by atoms with van der Waals surface area (Å²) in [5.74, 6) is 0. The Balaban J connectivity index is 3.02. The Labute approximate surface area is 70.9 Å². The van der Waals surface area contributed by atoms with Gasteiger partial charge in [0.25, 0.3) is 0 Å². The molecular weight excluding hydrogens is 134 g/mol. The molecule has 11 heavy (non-hydrogen) atoms. The second-order valence-electron chi connectivity index (χ2n) is 2.99. The molecule has 0 bridgehead atoms. The zero-order chi connectivity index (χ0) is 8.53. The lowest BCUT2D eigenvalue weighted by molar-refractivity contribution is 0.638. The molecule has 0 aromatic heterocycles. The number of allylic oxidation sites excluding steroid dienone is 1. The summed E-state index contributed by atoms with van der Waals surface area (Å²) in [5, 5.41) is 3.41. The van der Waals surface area contributed by atoms with Gasteiger partial charge in [-0.15, -0.1) is 0 Å². The maximum atomic E-state index is 3.41. The van der Waals surface area contributed by atoms with Gasteiger partial charge in [0.05, 0.1) is 0 Å². The van der Waals surface area contributed by atoms with Crippen LogP contribution in [0.1, 0.15) is 40.0 Å². The van der Waals surface area contributed by atoms with Gasteiger partial charge in [0.1, 0.15) is 0 Å². The molecule has 0 saturated carbocycles. The minimum absolute atomic E-state index is 1.14. The van der Waals surface area contributed by atoms with Gasteiger partial charge in [-0.25, -0.2) is 0 Å². The van der Waals surface area contributed by atoms with Gasteiger partial charge in [0, 0.05) is 0 Å². The molecular formula is C10H21N. The van der Waals surface area contributed by atoms with Crippen molar-refractivity contribution >= 4 is 0 Å². The Kier molecular flexibility index (Phi) is 7.59. The lowest BCUT2D eigenvalue weighted by Gasteiger charge is -2.02. The highest BCUT2D eigenvalue weighted by molar-refractivity contribution is 4.95. The van der Waals surface area contributed by atoms with Crippen molar-refractivity contribution in [1.29, 1.82) is 0 Å². The molecule has 0 spiro atoms. The van der Waals surface area contributed by atoms with Crippen molar-refractivity contribution in [2.75, 3.05) is 13.1 Å². The van der Waals surface area contributed by atoms with Crippen LogP contribution in [0.4, 0.5) is 0 Å². The summed E-state index contributed by atoms with van der Waals surface area (Å²) in [7, 11) is 0. The van der Waals surface area contributed by atoms with Gasteiger partial charge in [-0.1, -0.05) is 25.0 Å². The third kappa shape index (κ3) is 7.60. The fourth-order valence-corrected chi connectivity index (χ4v) is 0.857. The molecule has 0 rings (SSSR count). The van der Waals surface area contributed by atoms with Gasteiger partial charge in [-0.2, -0.15) is 0 Å². The van der Waals surface area contributed by atoms with Crippen LogP contribution < -0.4 is 5.32 Å². The number of unbranched alkanes of at least 4 members (excludes halogenated alkanes) is 1. The standard InChI is InChI=1S/C10H21N/c1-4-6-8-11-9-7-10(3)5-2/h5,11H,4,6-9H2,1-3H3. The van der Waals surface area contributed by atoms with Crippen LogP contribution in [0.25, 0.3) is 0 Å². The molecule has 0 aromatic carbocycles. The molecule has 0 heterocycles. The highest BCUT2D eigenvalue weighted by atomic mass is 14.8. The van der Waals surface area contributed by atoms with Crippen molar-refractivity contribution in [2.24, 2.45) is 0 Å². The Bertz CT molecular complexity index is 105. The zero-order valence-corrected chi connectivity index (χ0v) is 8.11. The third-order valence-corrected chi connectivity index (χ3v) is 1.90. The van der Waals surface area contributed by atoms with Gasteiger partial charge in [0.2, 0.25) is 0 Å². The Hall–Kier alpha value is -0.300. The van der Waals surface area contributed by atoms with E-state index in [0.29, 0.717) is 0 Å². The van der Waals surface area contributed by atoms with E-state index in [9.17, 15) is 0 Å². The van der Waals surface area contributed by atoms with Crippen molar-refractivity contribution in [1.82, 2.24) is 5.32 Å². The molecule has 1 N–H and O–H groups in total. The monoisotopic (exact) mass is 155 g/mol. The van der Waals surface area contributed by atoms with Crippen molar-refractivity contribution in [3.05, 3.63) is 11.6 Å². The van der Waals surface area contributed by atoms with Crippen molar-refractivity contribution < 1.29 is 0 Å². The van der Waals surface area contributed by atoms with Gasteiger partial charge >= 0.3 is 0 Å². The zero-order valence-electron chi connectivity index (χ0n) is 8.11. The van der Waals surface area contributed by atoms with Crippen LogP contribution in [-0.2, 0) is 0 Å². The molecule has 0 aromatic rings. The second kappa shape index (κ2) is 7.80. The normalized spacial score (nSPS) is 12.1. The SMILES string of the molecule is CC=C(C)CCNCCCC. The fraction of sp³-hybridized carbons (Fsp3) is 0.800. The van der Waals surface area contributed by atoms with Crippen LogP contribution in [0, 0.1) is 0 Å². The molecule has 0 aliphatic carbocycles. The summed E-state index contributed by atoms with van der Waals surface area (Å²) in [4.78, 5) is 0. The minimum Gasteiger partial charge on any atom is -0.316 e.